The third-order valence-electron chi connectivity index (χ3n) is 6.10. The molecule has 4 heterocycles. The summed E-state index contributed by atoms with van der Waals surface area (Å²) in [5.74, 6) is 1.36. The Morgan fingerprint density at radius 1 is 0.648 bits per heavy atom. The van der Waals surface area contributed by atoms with Crippen molar-refractivity contribution >= 4 is 78.9 Å². The average Bonchev–Trinajstić information content (AvgIpc) is 3.10. The van der Waals surface area contributed by atoms with E-state index >= 15 is 0 Å². The van der Waals surface area contributed by atoms with Crippen LogP contribution in [0.25, 0.3) is 6.08 Å². The Bertz CT molecular complexity index is 1750. The lowest BCUT2D eigenvalue weighted by Crippen LogP contribution is -2.28. The zero-order valence-corrected chi connectivity index (χ0v) is 34.9. The second-order valence-corrected chi connectivity index (χ2v) is 15.8. The molecule has 0 aliphatic rings. The predicted octanol–water partition coefficient (Wildman–Crippen LogP) is 5.64. The Hall–Kier alpha value is -4.85. The predicted molar refractivity (Wildman–Crippen MR) is 214 cm³/mol. The summed E-state index contributed by atoms with van der Waals surface area (Å²) in [6.07, 6.45) is 12.4. The summed E-state index contributed by atoms with van der Waals surface area (Å²) in [7, 11) is 0. The number of hydrogen-bond donors (Lipinski definition) is 6. The molecule has 4 aromatic rings. The number of halogens is 2. The molecule has 54 heavy (non-hydrogen) atoms. The van der Waals surface area contributed by atoms with Gasteiger partial charge in [-0.3, -0.25) is 24.4 Å². The van der Waals surface area contributed by atoms with Gasteiger partial charge in [-0.1, -0.05) is 68.9 Å². The van der Waals surface area contributed by atoms with Crippen LogP contribution in [0.15, 0.2) is 65.4 Å². The van der Waals surface area contributed by atoms with Gasteiger partial charge in [0.2, 0.25) is 17.7 Å². The Labute approximate surface area is 331 Å². The number of anilines is 4. The van der Waals surface area contributed by atoms with Gasteiger partial charge in [0.15, 0.2) is 17.5 Å². The minimum Gasteiger partial charge on any atom is -0.393 e. The number of nitrogens with two attached hydrogens (primary N) is 1. The molecule has 17 nitrogen and oxygen atoms in total. The number of aromatic nitrogens is 8. The molecule has 4 aromatic heterocycles. The van der Waals surface area contributed by atoms with Crippen molar-refractivity contribution in [2.75, 3.05) is 28.3 Å². The first kappa shape index (κ1) is 47.2. The van der Waals surface area contributed by atoms with Crippen molar-refractivity contribution < 1.29 is 24.6 Å². The van der Waals surface area contributed by atoms with Crippen LogP contribution in [0, 0.1) is 16.2 Å². The molecule has 0 fully saturated rings. The van der Waals surface area contributed by atoms with Gasteiger partial charge in [-0.05, 0) is 37.9 Å². The number of rotatable bonds is 6. The van der Waals surface area contributed by atoms with E-state index in [1.54, 1.807) is 39.2 Å². The van der Waals surface area contributed by atoms with Crippen molar-refractivity contribution in [3.63, 3.8) is 0 Å². The maximum atomic E-state index is 11.6. The van der Waals surface area contributed by atoms with Crippen LogP contribution in [0.2, 0.25) is 0 Å². The van der Waals surface area contributed by atoms with Gasteiger partial charge in [0, 0.05) is 16.2 Å². The van der Waals surface area contributed by atoms with Crippen LogP contribution in [0.5, 0.6) is 0 Å². The van der Waals surface area contributed by atoms with Crippen molar-refractivity contribution in [2.45, 2.75) is 68.4 Å². The largest absolute Gasteiger partial charge is 0.393 e. The van der Waals surface area contributed by atoms with Gasteiger partial charge in [0.25, 0.3) is 0 Å². The van der Waals surface area contributed by atoms with E-state index in [2.05, 4.69) is 94.3 Å². The van der Waals surface area contributed by atoms with Gasteiger partial charge in [-0.25, -0.2) is 29.9 Å². The number of nitrogens with zero attached hydrogens (tertiary/aromatic N) is 8. The van der Waals surface area contributed by atoms with Crippen molar-refractivity contribution in [3.05, 3.63) is 76.7 Å². The number of carbonyl (C=O) groups excluding carboxylic acids is 3. The lowest BCUT2D eigenvalue weighted by Gasteiger charge is -2.17. The van der Waals surface area contributed by atoms with Crippen molar-refractivity contribution in [3.8, 4) is 0 Å². The van der Waals surface area contributed by atoms with E-state index in [0.717, 1.165) is 0 Å². The van der Waals surface area contributed by atoms with E-state index in [4.69, 9.17) is 10.8 Å². The molecular weight excluding hydrogens is 828 g/mol. The topological polar surface area (TPSA) is 257 Å². The summed E-state index contributed by atoms with van der Waals surface area (Å²) in [6.45, 7) is 19.6. The van der Waals surface area contributed by atoms with E-state index in [1.165, 1.54) is 37.2 Å². The number of carbonyl (C=O) groups is 3. The summed E-state index contributed by atoms with van der Waals surface area (Å²) in [6, 6.07) is 0. The normalized spacial score (nSPS) is 11.4. The number of aliphatic hydroxyl groups is 2. The number of aliphatic hydroxyl groups excluding tert-OH is 2. The number of hydrogen-bond acceptors (Lipinski definition) is 14. The Morgan fingerprint density at radius 2 is 1.04 bits per heavy atom. The summed E-state index contributed by atoms with van der Waals surface area (Å²) in [4.78, 5) is 66.2. The summed E-state index contributed by atoms with van der Waals surface area (Å²) < 4.78 is 1.35. The Kier molecular flexibility index (Phi) is 19.0. The third kappa shape index (κ3) is 18.8. The van der Waals surface area contributed by atoms with E-state index in [9.17, 15) is 19.5 Å². The van der Waals surface area contributed by atoms with Gasteiger partial charge in [0.1, 0.15) is 21.1 Å². The van der Waals surface area contributed by atoms with Gasteiger partial charge in [-0.2, -0.15) is 0 Å². The monoisotopic (exact) mass is 874 g/mol. The summed E-state index contributed by atoms with van der Waals surface area (Å²) in [5, 5.41) is 26.0. The molecule has 0 saturated heterocycles. The fourth-order valence-corrected chi connectivity index (χ4v) is 3.20. The first-order valence-corrected chi connectivity index (χ1v) is 17.7. The quantitative estimate of drug-likeness (QED) is 0.137. The highest BCUT2D eigenvalue weighted by atomic mass is 79.9. The van der Waals surface area contributed by atoms with Crippen molar-refractivity contribution in [2.24, 2.45) is 16.2 Å². The number of nitrogens with one attached hydrogen (secondary N) is 3. The minimum atomic E-state index is -1.05. The maximum Gasteiger partial charge on any atom is 0.230 e. The van der Waals surface area contributed by atoms with Gasteiger partial charge in [-0.15, -0.1) is 0 Å². The van der Waals surface area contributed by atoms with Gasteiger partial charge in [0.05, 0.1) is 67.6 Å². The molecule has 0 spiro atoms. The van der Waals surface area contributed by atoms with Gasteiger partial charge >= 0.3 is 0 Å². The average molecular weight is 877 g/mol. The molecular formula is C35H48Br2N12O5. The fraction of sp³-hybridized carbons (Fsp3) is 0.400. The van der Waals surface area contributed by atoms with E-state index < -0.39 is 29.0 Å². The van der Waals surface area contributed by atoms with E-state index in [-0.39, 0.29) is 23.4 Å². The van der Waals surface area contributed by atoms with Crippen LogP contribution >= 0.6 is 31.9 Å². The molecule has 0 aliphatic carbocycles. The van der Waals surface area contributed by atoms with Crippen molar-refractivity contribution in [1.29, 1.82) is 0 Å². The Morgan fingerprint density at radius 3 is 1.31 bits per heavy atom. The molecule has 0 radical (unpaired) electrons. The second kappa shape index (κ2) is 21.8. The smallest absolute Gasteiger partial charge is 0.230 e. The molecule has 0 unspecified atom stereocenters. The summed E-state index contributed by atoms with van der Waals surface area (Å²) >= 11 is 6.28. The zero-order chi connectivity index (χ0) is 41.3. The number of nitrogen functional groups attached to an aromatic ring is 1. The first-order chi connectivity index (χ1) is 25.0. The molecule has 0 bridgehead atoms. The SMILES string of the molecule is C=Cc1cnc(NC(=O)C(C)(C)C)cn1.CC(C)(C)C(=O)Nc1cnc(Br)cn1.CC(C)(C)C(=O)Nc1cnc([C@H](O)CO)cn1.Nc1cnc(Br)cn1. The van der Waals surface area contributed by atoms with Crippen LogP contribution in [-0.4, -0.2) is 74.4 Å². The fourth-order valence-electron chi connectivity index (χ4n) is 2.79. The molecule has 4 rings (SSSR count). The first-order valence-electron chi connectivity index (χ1n) is 16.2. The Balaban J connectivity index is 0.000000369. The lowest BCUT2D eigenvalue weighted by molar-refractivity contribution is -0.123. The van der Waals surface area contributed by atoms with Crippen LogP contribution in [0.4, 0.5) is 23.3 Å². The van der Waals surface area contributed by atoms with E-state index in [1.807, 2.05) is 41.5 Å². The van der Waals surface area contributed by atoms with Crippen LogP contribution in [0.3, 0.4) is 0 Å². The minimum absolute atomic E-state index is 0.0749. The molecule has 3 amide bonds. The highest BCUT2D eigenvalue weighted by Gasteiger charge is 2.23. The summed E-state index contributed by atoms with van der Waals surface area (Å²) in [5.41, 5.74) is 4.82. The highest BCUT2D eigenvalue weighted by Crippen LogP contribution is 2.18. The van der Waals surface area contributed by atoms with Crippen LogP contribution in [0.1, 0.15) is 79.8 Å². The van der Waals surface area contributed by atoms with Gasteiger partial charge < -0.3 is 31.9 Å². The molecule has 7 N–H and O–H groups in total. The maximum absolute atomic E-state index is 11.6. The lowest BCUT2D eigenvalue weighted by atomic mass is 9.96. The zero-order valence-electron chi connectivity index (χ0n) is 31.7. The number of amides is 3. The van der Waals surface area contributed by atoms with Crippen LogP contribution in [-0.2, 0) is 14.4 Å². The molecule has 1 atom stereocenters. The highest BCUT2D eigenvalue weighted by molar-refractivity contribution is 9.10. The van der Waals surface area contributed by atoms with Crippen LogP contribution < -0.4 is 21.7 Å². The van der Waals surface area contributed by atoms with Crippen molar-refractivity contribution in [1.82, 2.24) is 39.9 Å². The second-order valence-electron chi connectivity index (χ2n) is 14.2. The molecule has 0 saturated carbocycles. The molecule has 292 valence electrons. The molecule has 0 aliphatic heterocycles. The third-order valence-corrected chi connectivity index (χ3v) is 6.92. The standard InChI is InChI=1S/C11H17N3O3.C11H15N3O.C9H12BrN3O.C4H4BrN3/c1-11(2,3)10(17)14-9-5-12-7(4-13-9)8(16)6-15;1-5-8-6-13-9(7-12-8)14-10(15)11(2,3)4;1-9(2,3)8(14)13-7-5-11-6(10)4-12-7;5-3-1-8-4(6)2-7-3/h4-5,8,15-16H,6H2,1-3H3,(H,13,14,17);5-7H,1H2,2-4H3,(H,13,14,15);4-5H,1-3H3,(H,12,13,14);1-2H,(H2,6,8)/t8-;;;/m1.../s1. The molecule has 19 heteroatoms. The molecule has 0 aromatic carbocycles. The van der Waals surface area contributed by atoms with E-state index in [0.29, 0.717) is 38.2 Å².